The van der Waals surface area contributed by atoms with Gasteiger partial charge in [0.1, 0.15) is 5.69 Å². The molecule has 0 saturated heterocycles. The molecule has 1 N–H and O–H groups in total. The number of nitro groups is 1. The molecule has 0 fully saturated rings. The molecule has 3 rings (SSSR count). The Bertz CT molecular complexity index is 968. The minimum Gasteiger partial charge on any atom is -0.348 e. The van der Waals surface area contributed by atoms with E-state index >= 15 is 0 Å². The Balaban J connectivity index is 2.11. The van der Waals surface area contributed by atoms with E-state index in [2.05, 4.69) is 10.3 Å². The minimum atomic E-state index is -0.439. The molecule has 1 atom stereocenters. The second-order valence-electron chi connectivity index (χ2n) is 6.16. The van der Waals surface area contributed by atoms with Gasteiger partial charge in [-0.3, -0.25) is 14.9 Å². The Morgan fingerprint density at radius 3 is 2.54 bits per heavy atom. The summed E-state index contributed by atoms with van der Waals surface area (Å²) in [7, 11) is 0. The molecule has 1 unspecified atom stereocenters. The van der Waals surface area contributed by atoms with Gasteiger partial charge in [-0.1, -0.05) is 31.2 Å². The van der Waals surface area contributed by atoms with Crippen LogP contribution in [0.15, 0.2) is 54.6 Å². The molecule has 3 aromatic rings. The summed E-state index contributed by atoms with van der Waals surface area (Å²) in [5, 5.41) is 15.6. The van der Waals surface area contributed by atoms with E-state index in [4.69, 9.17) is 0 Å². The van der Waals surface area contributed by atoms with Crippen molar-refractivity contribution < 1.29 is 9.72 Å². The van der Waals surface area contributed by atoms with Crippen LogP contribution in [-0.2, 0) is 0 Å². The number of non-ortho nitro benzene ring substituents is 1. The number of fused-ring (bicyclic) bond motifs is 1. The molecule has 0 radical (unpaired) electrons. The number of nitrogens with zero attached hydrogens (tertiary/aromatic N) is 2. The average molecular weight is 349 g/mol. The van der Waals surface area contributed by atoms with Crippen LogP contribution in [0.1, 0.15) is 30.8 Å². The Morgan fingerprint density at radius 2 is 1.88 bits per heavy atom. The zero-order chi connectivity index (χ0) is 18.7. The highest BCUT2D eigenvalue weighted by Crippen LogP contribution is 2.29. The maximum atomic E-state index is 12.5. The molecule has 0 aliphatic heterocycles. The smallest absolute Gasteiger partial charge is 0.270 e. The SMILES string of the molecule is CCC(C)NC(=O)c1cc2ccccc2c(-c2ccc([N+](=O)[O-])cc2)n1. The Labute approximate surface area is 151 Å². The molecule has 2 aromatic carbocycles. The lowest BCUT2D eigenvalue weighted by atomic mass is 10.0. The summed E-state index contributed by atoms with van der Waals surface area (Å²) in [6.07, 6.45) is 0.828. The van der Waals surface area contributed by atoms with E-state index in [1.165, 1.54) is 12.1 Å². The van der Waals surface area contributed by atoms with E-state index in [0.29, 0.717) is 11.4 Å². The lowest BCUT2D eigenvalue weighted by Gasteiger charge is -2.13. The third-order valence-corrected chi connectivity index (χ3v) is 4.31. The lowest BCUT2D eigenvalue weighted by Crippen LogP contribution is -2.32. The van der Waals surface area contributed by atoms with Crippen LogP contribution in [0.3, 0.4) is 0 Å². The van der Waals surface area contributed by atoms with Crippen molar-refractivity contribution >= 4 is 22.4 Å². The van der Waals surface area contributed by atoms with E-state index < -0.39 is 4.92 Å². The maximum Gasteiger partial charge on any atom is 0.270 e. The normalized spacial score (nSPS) is 11.9. The average Bonchev–Trinajstić information content (AvgIpc) is 2.67. The van der Waals surface area contributed by atoms with E-state index in [0.717, 1.165) is 22.8 Å². The van der Waals surface area contributed by atoms with Crippen LogP contribution in [0, 0.1) is 10.1 Å². The Hall–Kier alpha value is -3.28. The number of hydrogen-bond donors (Lipinski definition) is 1. The summed E-state index contributed by atoms with van der Waals surface area (Å²) >= 11 is 0. The predicted molar refractivity (Wildman–Crippen MR) is 101 cm³/mol. The number of carbonyl (C=O) groups is 1. The molecule has 0 spiro atoms. The van der Waals surface area contributed by atoms with Gasteiger partial charge in [-0.2, -0.15) is 0 Å². The number of amides is 1. The van der Waals surface area contributed by atoms with Crippen molar-refractivity contribution in [2.24, 2.45) is 0 Å². The standard InChI is InChI=1S/C20H19N3O3/c1-3-13(2)21-20(24)18-12-15-6-4-5-7-17(15)19(22-18)14-8-10-16(11-9-14)23(25)26/h4-13H,3H2,1-2H3,(H,21,24). The highest BCUT2D eigenvalue weighted by Gasteiger charge is 2.15. The Kier molecular flexibility index (Phi) is 4.93. The van der Waals surface area contributed by atoms with Crippen molar-refractivity contribution in [3.63, 3.8) is 0 Å². The molecule has 0 aliphatic rings. The van der Waals surface area contributed by atoms with E-state index in [1.54, 1.807) is 18.2 Å². The summed E-state index contributed by atoms with van der Waals surface area (Å²) in [5.41, 5.74) is 1.71. The summed E-state index contributed by atoms with van der Waals surface area (Å²) < 4.78 is 0. The molecule has 6 heteroatoms. The van der Waals surface area contributed by atoms with Gasteiger partial charge in [0, 0.05) is 29.1 Å². The molecule has 26 heavy (non-hydrogen) atoms. The van der Waals surface area contributed by atoms with Crippen molar-refractivity contribution in [1.29, 1.82) is 0 Å². The molecular weight excluding hydrogens is 330 g/mol. The van der Waals surface area contributed by atoms with E-state index in [1.807, 2.05) is 38.1 Å². The number of nitro benzene ring substituents is 1. The minimum absolute atomic E-state index is 0.0173. The molecule has 1 aromatic heterocycles. The highest BCUT2D eigenvalue weighted by molar-refractivity contribution is 6.01. The number of aromatic nitrogens is 1. The zero-order valence-corrected chi connectivity index (χ0v) is 14.6. The predicted octanol–water partition coefficient (Wildman–Crippen LogP) is 4.34. The molecule has 1 amide bonds. The van der Waals surface area contributed by atoms with Crippen LogP contribution in [0.5, 0.6) is 0 Å². The number of hydrogen-bond acceptors (Lipinski definition) is 4. The first-order valence-electron chi connectivity index (χ1n) is 8.45. The fraction of sp³-hybridized carbons (Fsp3) is 0.200. The largest absolute Gasteiger partial charge is 0.348 e. The second kappa shape index (κ2) is 7.31. The van der Waals surface area contributed by atoms with Crippen molar-refractivity contribution in [1.82, 2.24) is 10.3 Å². The van der Waals surface area contributed by atoms with Crippen LogP contribution in [0.4, 0.5) is 5.69 Å². The molecular formula is C20H19N3O3. The second-order valence-corrected chi connectivity index (χ2v) is 6.16. The monoisotopic (exact) mass is 349 g/mol. The van der Waals surface area contributed by atoms with E-state index in [-0.39, 0.29) is 17.6 Å². The van der Waals surface area contributed by atoms with E-state index in [9.17, 15) is 14.9 Å². The third kappa shape index (κ3) is 3.54. The van der Waals surface area contributed by atoms with Gasteiger partial charge in [0.15, 0.2) is 0 Å². The summed E-state index contributed by atoms with van der Waals surface area (Å²) in [4.78, 5) is 27.5. The zero-order valence-electron chi connectivity index (χ0n) is 14.6. The van der Waals surface area contributed by atoms with Gasteiger partial charge in [-0.15, -0.1) is 0 Å². The first kappa shape index (κ1) is 17.5. The van der Waals surface area contributed by atoms with Gasteiger partial charge in [0.25, 0.3) is 11.6 Å². The first-order valence-corrected chi connectivity index (χ1v) is 8.45. The highest BCUT2D eigenvalue weighted by atomic mass is 16.6. The maximum absolute atomic E-state index is 12.5. The van der Waals surface area contributed by atoms with Crippen LogP contribution >= 0.6 is 0 Å². The van der Waals surface area contributed by atoms with Gasteiger partial charge in [-0.25, -0.2) is 4.98 Å². The molecule has 132 valence electrons. The topological polar surface area (TPSA) is 85.1 Å². The number of rotatable bonds is 5. The quantitative estimate of drug-likeness (QED) is 0.548. The van der Waals surface area contributed by atoms with Crippen molar-refractivity contribution in [2.45, 2.75) is 26.3 Å². The number of pyridine rings is 1. The van der Waals surface area contributed by atoms with Crippen molar-refractivity contribution in [2.75, 3.05) is 0 Å². The number of carbonyl (C=O) groups excluding carboxylic acids is 1. The summed E-state index contributed by atoms with van der Waals surface area (Å²) in [6, 6.07) is 15.7. The molecule has 1 heterocycles. The fourth-order valence-electron chi connectivity index (χ4n) is 2.68. The molecule has 0 aliphatic carbocycles. The van der Waals surface area contributed by atoms with Crippen molar-refractivity contribution in [3.05, 3.63) is 70.4 Å². The van der Waals surface area contributed by atoms with Crippen LogP contribution in [0.25, 0.3) is 22.0 Å². The van der Waals surface area contributed by atoms with Gasteiger partial charge < -0.3 is 5.32 Å². The number of benzene rings is 2. The summed E-state index contributed by atoms with van der Waals surface area (Å²) in [6.45, 7) is 3.94. The number of nitrogens with one attached hydrogen (secondary N) is 1. The van der Waals surface area contributed by atoms with Crippen LogP contribution in [0.2, 0.25) is 0 Å². The lowest BCUT2D eigenvalue weighted by molar-refractivity contribution is -0.384. The fourth-order valence-corrected chi connectivity index (χ4v) is 2.68. The van der Waals surface area contributed by atoms with Crippen LogP contribution in [-0.4, -0.2) is 21.9 Å². The third-order valence-electron chi connectivity index (χ3n) is 4.31. The van der Waals surface area contributed by atoms with Crippen molar-refractivity contribution in [3.8, 4) is 11.3 Å². The first-order chi connectivity index (χ1) is 12.5. The van der Waals surface area contributed by atoms with Gasteiger partial charge in [0.2, 0.25) is 0 Å². The summed E-state index contributed by atoms with van der Waals surface area (Å²) in [5.74, 6) is -0.228. The van der Waals surface area contributed by atoms with Gasteiger partial charge in [-0.05, 0) is 36.9 Å². The van der Waals surface area contributed by atoms with Gasteiger partial charge >= 0.3 is 0 Å². The molecule has 0 bridgehead atoms. The molecule has 0 saturated carbocycles. The van der Waals surface area contributed by atoms with Crippen LogP contribution < -0.4 is 5.32 Å². The Morgan fingerprint density at radius 1 is 1.19 bits per heavy atom. The molecule has 6 nitrogen and oxygen atoms in total. The van der Waals surface area contributed by atoms with Gasteiger partial charge in [0.05, 0.1) is 10.6 Å².